The highest BCUT2D eigenvalue weighted by molar-refractivity contribution is 5.94. The van der Waals surface area contributed by atoms with Gasteiger partial charge in [-0.05, 0) is 67.5 Å². The van der Waals surface area contributed by atoms with E-state index in [-0.39, 0.29) is 11.9 Å². The molecule has 38 heavy (non-hydrogen) atoms. The van der Waals surface area contributed by atoms with Crippen LogP contribution in [0.3, 0.4) is 0 Å². The van der Waals surface area contributed by atoms with E-state index in [4.69, 9.17) is 4.74 Å². The van der Waals surface area contributed by atoms with Gasteiger partial charge in [-0.3, -0.25) is 14.6 Å². The third-order valence-corrected chi connectivity index (χ3v) is 8.62. The second-order valence-electron chi connectivity index (χ2n) is 11.0. The summed E-state index contributed by atoms with van der Waals surface area (Å²) in [5, 5.41) is 3.26. The van der Waals surface area contributed by atoms with Crippen molar-refractivity contribution in [3.63, 3.8) is 0 Å². The summed E-state index contributed by atoms with van der Waals surface area (Å²) in [7, 11) is 1.73. The Kier molecular flexibility index (Phi) is 10.4. The molecule has 1 N–H and O–H groups in total. The molecule has 0 radical (unpaired) electrons. The monoisotopic (exact) mass is 517 g/mol. The number of carbonyl (C=O) groups excluding carboxylic acids is 1. The highest BCUT2D eigenvalue weighted by Gasteiger charge is 2.33. The molecule has 3 unspecified atom stereocenters. The molecule has 4 rings (SSSR count). The van der Waals surface area contributed by atoms with Crippen molar-refractivity contribution in [1.29, 1.82) is 0 Å². The number of nitrogens with one attached hydrogen (secondary N) is 1. The summed E-state index contributed by atoms with van der Waals surface area (Å²) >= 11 is 0. The van der Waals surface area contributed by atoms with Crippen LogP contribution in [0.2, 0.25) is 0 Å². The number of carbonyl (C=O) groups is 1. The molecule has 2 aliphatic rings. The van der Waals surface area contributed by atoms with E-state index in [1.54, 1.807) is 7.11 Å². The van der Waals surface area contributed by atoms with Crippen LogP contribution in [0.4, 0.5) is 0 Å². The summed E-state index contributed by atoms with van der Waals surface area (Å²) in [5.74, 6) is 0.922. The minimum Gasteiger partial charge on any atom is -0.497 e. The van der Waals surface area contributed by atoms with Crippen LogP contribution in [0.25, 0.3) is 0 Å². The molecule has 1 aliphatic carbocycles. The normalized spacial score (nSPS) is 22.4. The van der Waals surface area contributed by atoms with Gasteiger partial charge in [-0.1, -0.05) is 63.5 Å². The molecule has 1 saturated heterocycles. The molecule has 2 aromatic rings. The average molecular weight is 518 g/mol. The van der Waals surface area contributed by atoms with Gasteiger partial charge in [-0.2, -0.15) is 0 Å². The Morgan fingerprint density at radius 3 is 2.42 bits per heavy atom. The number of amides is 1. The maximum atomic E-state index is 13.0. The van der Waals surface area contributed by atoms with Gasteiger partial charge in [0.25, 0.3) is 5.91 Å². The van der Waals surface area contributed by atoms with Crippen LogP contribution in [0, 0.1) is 0 Å². The molecular weight excluding hydrogens is 470 g/mol. The number of nitrogens with zero attached hydrogens (tertiary/aromatic N) is 2. The van der Waals surface area contributed by atoms with E-state index in [0.29, 0.717) is 18.1 Å². The smallest absolute Gasteiger partial charge is 0.251 e. The predicted octanol–water partition coefficient (Wildman–Crippen LogP) is 6.60. The van der Waals surface area contributed by atoms with E-state index in [9.17, 15) is 4.79 Å². The van der Waals surface area contributed by atoms with Crippen molar-refractivity contribution in [2.45, 2.75) is 89.4 Å². The Hall–Kier alpha value is -2.63. The van der Waals surface area contributed by atoms with Crippen LogP contribution in [0.5, 0.6) is 5.75 Å². The first-order valence-electron chi connectivity index (χ1n) is 14.7. The van der Waals surface area contributed by atoms with Crippen molar-refractivity contribution in [1.82, 2.24) is 15.1 Å². The zero-order chi connectivity index (χ0) is 26.9. The van der Waals surface area contributed by atoms with E-state index < -0.39 is 0 Å². The van der Waals surface area contributed by atoms with Crippen LogP contribution >= 0.6 is 0 Å². The maximum Gasteiger partial charge on any atom is 0.251 e. The summed E-state index contributed by atoms with van der Waals surface area (Å²) < 4.78 is 5.61. The van der Waals surface area contributed by atoms with Crippen molar-refractivity contribution in [2.24, 2.45) is 0 Å². The van der Waals surface area contributed by atoms with Gasteiger partial charge in [-0.15, -0.1) is 6.58 Å². The number of hydrogen-bond donors (Lipinski definition) is 1. The minimum atomic E-state index is 0.0491. The van der Waals surface area contributed by atoms with Gasteiger partial charge in [0.2, 0.25) is 0 Å². The first kappa shape index (κ1) is 28.4. The predicted molar refractivity (Wildman–Crippen MR) is 157 cm³/mol. The lowest BCUT2D eigenvalue weighted by Crippen LogP contribution is -2.45. The Labute approximate surface area is 230 Å². The van der Waals surface area contributed by atoms with Crippen molar-refractivity contribution >= 4 is 5.91 Å². The van der Waals surface area contributed by atoms with E-state index in [2.05, 4.69) is 72.0 Å². The quantitative estimate of drug-likeness (QED) is 0.361. The van der Waals surface area contributed by atoms with Crippen LogP contribution in [-0.4, -0.2) is 60.6 Å². The van der Waals surface area contributed by atoms with E-state index in [1.807, 2.05) is 18.2 Å². The van der Waals surface area contributed by atoms with Crippen molar-refractivity contribution in [3.05, 3.63) is 77.9 Å². The number of ether oxygens (including phenoxy) is 1. The zero-order valence-electron chi connectivity index (χ0n) is 23.7. The second-order valence-corrected chi connectivity index (χ2v) is 11.0. The Bertz CT molecular complexity index is 1030. The van der Waals surface area contributed by atoms with Gasteiger partial charge in [0.05, 0.1) is 13.2 Å². The molecule has 206 valence electrons. The number of hydrogen-bond acceptors (Lipinski definition) is 4. The maximum absolute atomic E-state index is 13.0. The first-order valence-corrected chi connectivity index (χ1v) is 14.7. The van der Waals surface area contributed by atoms with E-state index in [0.717, 1.165) is 63.1 Å². The molecule has 0 bridgehead atoms. The number of rotatable bonds is 10. The van der Waals surface area contributed by atoms with Crippen LogP contribution in [-0.2, 0) is 0 Å². The SMILES string of the molecule is C=CCN1C(CC)CCN(C(c2ccc(C(=O)NC3CCCCC3)cc2)c2cccc(OC)c2)CC1CC. The molecule has 1 aliphatic heterocycles. The summed E-state index contributed by atoms with van der Waals surface area (Å²) in [6, 6.07) is 18.2. The van der Waals surface area contributed by atoms with Gasteiger partial charge in [0.1, 0.15) is 5.75 Å². The van der Waals surface area contributed by atoms with Gasteiger partial charge in [-0.25, -0.2) is 0 Å². The summed E-state index contributed by atoms with van der Waals surface area (Å²) in [5.41, 5.74) is 3.19. The topological polar surface area (TPSA) is 44.8 Å². The highest BCUT2D eigenvalue weighted by atomic mass is 16.5. The molecule has 1 amide bonds. The Morgan fingerprint density at radius 2 is 1.76 bits per heavy atom. The number of benzene rings is 2. The van der Waals surface area contributed by atoms with Gasteiger partial charge >= 0.3 is 0 Å². The standard InChI is InChI=1S/C33H47N3O2/c1-5-21-36-29(6-2)20-22-35(24-30(36)7-3)32(27-12-11-15-31(23-27)38-4)25-16-18-26(19-17-25)33(37)34-28-13-9-8-10-14-28/h5,11-12,15-19,23,28-30,32H,1,6-10,13-14,20-22,24H2,2-4H3,(H,34,37). The summed E-state index contributed by atoms with van der Waals surface area (Å²) in [4.78, 5) is 18.3. The summed E-state index contributed by atoms with van der Waals surface area (Å²) in [6.45, 7) is 11.6. The molecule has 0 aromatic heterocycles. The van der Waals surface area contributed by atoms with Crippen LogP contribution in [0.1, 0.15) is 92.7 Å². The molecule has 3 atom stereocenters. The molecular formula is C33H47N3O2. The number of methoxy groups -OCH3 is 1. The lowest BCUT2D eigenvalue weighted by Gasteiger charge is -2.37. The summed E-state index contributed by atoms with van der Waals surface area (Å²) in [6.07, 6.45) is 11.3. The van der Waals surface area contributed by atoms with Gasteiger partial charge in [0.15, 0.2) is 0 Å². The van der Waals surface area contributed by atoms with Crippen molar-refractivity contribution in [2.75, 3.05) is 26.7 Å². The largest absolute Gasteiger partial charge is 0.497 e. The highest BCUT2D eigenvalue weighted by Crippen LogP contribution is 2.34. The third-order valence-electron chi connectivity index (χ3n) is 8.62. The second kappa shape index (κ2) is 14.0. The fourth-order valence-corrected chi connectivity index (χ4v) is 6.49. The Balaban J connectivity index is 1.63. The molecule has 1 heterocycles. The zero-order valence-corrected chi connectivity index (χ0v) is 23.7. The van der Waals surface area contributed by atoms with Crippen LogP contribution in [0.15, 0.2) is 61.2 Å². The lowest BCUT2D eigenvalue weighted by molar-refractivity contribution is 0.0927. The molecule has 0 spiro atoms. The molecule has 5 nitrogen and oxygen atoms in total. The van der Waals surface area contributed by atoms with Crippen molar-refractivity contribution < 1.29 is 9.53 Å². The minimum absolute atomic E-state index is 0.0491. The van der Waals surface area contributed by atoms with E-state index in [1.165, 1.54) is 30.4 Å². The molecule has 2 fully saturated rings. The van der Waals surface area contributed by atoms with Crippen LogP contribution < -0.4 is 10.1 Å². The molecule has 5 heteroatoms. The average Bonchev–Trinajstić information content (AvgIpc) is 3.13. The van der Waals surface area contributed by atoms with E-state index >= 15 is 0 Å². The fraction of sp³-hybridized carbons (Fsp3) is 0.545. The third kappa shape index (κ3) is 6.86. The lowest BCUT2D eigenvalue weighted by atomic mass is 9.94. The van der Waals surface area contributed by atoms with Crippen molar-refractivity contribution in [3.8, 4) is 5.75 Å². The first-order chi connectivity index (χ1) is 18.6. The Morgan fingerprint density at radius 1 is 1.03 bits per heavy atom. The molecule has 2 aromatic carbocycles. The fourth-order valence-electron chi connectivity index (χ4n) is 6.49. The van der Waals surface area contributed by atoms with Gasteiger partial charge < -0.3 is 10.1 Å². The molecule has 1 saturated carbocycles. The van der Waals surface area contributed by atoms with Gasteiger partial charge in [0, 0.05) is 43.3 Å².